The second-order valence-corrected chi connectivity index (χ2v) is 18.0. The molecule has 59 heavy (non-hydrogen) atoms. The van der Waals surface area contributed by atoms with Crippen LogP contribution >= 0.6 is 11.3 Å². The van der Waals surface area contributed by atoms with E-state index >= 15 is 0 Å². The number of fused-ring (bicyclic) bond motifs is 6. The van der Waals surface area contributed by atoms with Crippen molar-refractivity contribution in [3.05, 3.63) is 23.8 Å². The summed E-state index contributed by atoms with van der Waals surface area (Å²) in [7, 11) is 3.70. The van der Waals surface area contributed by atoms with Gasteiger partial charge in [0.25, 0.3) is 0 Å². The molecule has 0 aliphatic carbocycles. The van der Waals surface area contributed by atoms with Gasteiger partial charge in [-0.1, -0.05) is 50.3 Å². The molecular formula is C41H61N5O12S. The van der Waals surface area contributed by atoms with E-state index in [1.807, 2.05) is 32.0 Å². The van der Waals surface area contributed by atoms with Crippen molar-refractivity contribution in [1.82, 2.24) is 9.88 Å². The van der Waals surface area contributed by atoms with Crippen LogP contribution in [0.1, 0.15) is 80.2 Å². The quantitative estimate of drug-likeness (QED) is 0.168. The lowest BCUT2D eigenvalue weighted by molar-refractivity contribution is -0.296. The number of Topliss-reactive ketones (excluding diaryl/α,β-unsaturated/α-hetero) is 2. The number of nitrogens with two attached hydrogens (primary N) is 1. The molecule has 5 rings (SSSR count). The Morgan fingerprint density at radius 1 is 1.10 bits per heavy atom. The summed E-state index contributed by atoms with van der Waals surface area (Å²) in [6.07, 6.45) is -5.44. The first-order chi connectivity index (χ1) is 27.7. The highest BCUT2D eigenvalue weighted by Gasteiger charge is 2.53. The Kier molecular flexibility index (Phi) is 14.9. The first kappa shape index (κ1) is 46.4. The third-order valence-corrected chi connectivity index (χ3v) is 12.8. The van der Waals surface area contributed by atoms with Crippen molar-refractivity contribution < 1.29 is 57.9 Å². The van der Waals surface area contributed by atoms with Crippen LogP contribution in [-0.4, -0.2) is 131 Å². The Labute approximate surface area is 349 Å². The lowest BCUT2D eigenvalue weighted by atomic mass is 9.74. The van der Waals surface area contributed by atoms with Gasteiger partial charge in [0.15, 0.2) is 17.2 Å². The molecule has 0 saturated carbocycles. The topological polar surface area (TPSA) is 231 Å². The maximum Gasteiger partial charge on any atom is 0.318 e. The summed E-state index contributed by atoms with van der Waals surface area (Å²) in [5.41, 5.74) is 3.56. The zero-order chi connectivity index (χ0) is 43.6. The largest absolute Gasteiger partial charge is 0.459 e. The van der Waals surface area contributed by atoms with Crippen molar-refractivity contribution in [2.45, 2.75) is 135 Å². The van der Waals surface area contributed by atoms with Crippen LogP contribution in [0.2, 0.25) is 0 Å². The molecule has 13 atom stereocenters. The minimum Gasteiger partial charge on any atom is -0.459 e. The monoisotopic (exact) mass is 847 g/mol. The molecule has 3 aliphatic rings. The van der Waals surface area contributed by atoms with Gasteiger partial charge in [0.05, 0.1) is 47.3 Å². The van der Waals surface area contributed by atoms with Crippen molar-refractivity contribution in [3.63, 3.8) is 0 Å². The maximum absolute atomic E-state index is 14.4. The standard InChI is InChI=1S/C41H61N5O12S/c1-11-30-41(8,52)35-22(4)31(47)20(2)16-40(7,34(23(5)32(48)24(6)36(50)57-30)58-37-33(49)28(46(9)10)14-21(3)56-37)54-19-26(18-53-35)45-55-17-25-12-13-27-29(15-25)59-39(43-27)44-38(42)51/h12-13,15,20-24,28,30,33-35,37,49,52H,11,14,16-19H2,1-10H3,(H3,42,43,44,51)/b45-26+/t20-,21-,22+,23+,24-,28+,30-,33-,34-,35+,37+,40-,41-/m1/s1. The van der Waals surface area contributed by atoms with E-state index in [4.69, 9.17) is 34.3 Å². The van der Waals surface area contributed by atoms with Crippen molar-refractivity contribution in [2.24, 2.45) is 34.6 Å². The van der Waals surface area contributed by atoms with Crippen LogP contribution in [0.5, 0.6) is 0 Å². The van der Waals surface area contributed by atoms with Crippen molar-refractivity contribution >= 4 is 56.0 Å². The van der Waals surface area contributed by atoms with E-state index in [9.17, 15) is 29.4 Å². The number of urea groups is 1. The SMILES string of the molecule is CC[C@H]1OC(=O)[C@H](C)C(=O)[C@H](C)[C@@H](O[C@@H]2O[C@H](C)C[C@H](N(C)C)[C@H]2O)[C@@]2(C)C[C@@H](C)C(=O)[C@H](C)[C@H](OC/C(=N\OCc3ccc4nc(NC(N)=O)sc4c3)CO2)[C@]1(C)O. The maximum atomic E-state index is 14.4. The number of aromatic nitrogens is 1. The first-order valence-corrected chi connectivity index (χ1v) is 21.0. The number of likely N-dealkylation sites (N-methyl/N-ethyl adjacent to an activating group) is 1. The molecule has 1 aromatic carbocycles. The Morgan fingerprint density at radius 3 is 2.47 bits per heavy atom. The number of anilines is 1. The minimum atomic E-state index is -1.89. The summed E-state index contributed by atoms with van der Waals surface area (Å²) in [5, 5.41) is 31.0. The molecule has 3 aliphatic heterocycles. The number of esters is 1. The average molecular weight is 848 g/mol. The number of carbonyl (C=O) groups is 4. The number of nitrogens with one attached hydrogen (secondary N) is 1. The van der Waals surface area contributed by atoms with Gasteiger partial charge in [-0.2, -0.15) is 0 Å². The smallest absolute Gasteiger partial charge is 0.318 e. The van der Waals surface area contributed by atoms with E-state index < -0.39 is 83.4 Å². The van der Waals surface area contributed by atoms with Crippen LogP contribution in [0.3, 0.4) is 0 Å². The molecule has 328 valence electrons. The number of benzene rings is 1. The van der Waals surface area contributed by atoms with Crippen LogP contribution in [0.4, 0.5) is 9.93 Å². The number of cyclic esters (lactones) is 1. The molecule has 3 saturated heterocycles. The third kappa shape index (κ3) is 10.5. The number of rotatable bonds is 8. The normalized spacial score (nSPS) is 37.4. The molecule has 1 aromatic heterocycles. The predicted octanol–water partition coefficient (Wildman–Crippen LogP) is 3.80. The summed E-state index contributed by atoms with van der Waals surface area (Å²) in [4.78, 5) is 66.0. The Morgan fingerprint density at radius 2 is 1.81 bits per heavy atom. The van der Waals surface area contributed by atoms with Gasteiger partial charge in [0.1, 0.15) is 41.8 Å². The molecule has 5 N–H and O–H groups in total. The number of nitrogens with zero attached hydrogens (tertiary/aromatic N) is 3. The van der Waals surface area contributed by atoms with Crippen molar-refractivity contribution in [2.75, 3.05) is 32.6 Å². The van der Waals surface area contributed by atoms with E-state index in [1.54, 1.807) is 46.8 Å². The van der Waals surface area contributed by atoms with E-state index in [0.29, 0.717) is 17.1 Å². The zero-order valence-electron chi connectivity index (χ0n) is 35.6. The second-order valence-electron chi connectivity index (χ2n) is 17.0. The zero-order valence-corrected chi connectivity index (χ0v) is 36.4. The Bertz CT molecular complexity index is 1870. The van der Waals surface area contributed by atoms with Crippen LogP contribution < -0.4 is 11.1 Å². The molecule has 2 bridgehead atoms. The van der Waals surface area contributed by atoms with E-state index in [-0.39, 0.29) is 56.3 Å². The van der Waals surface area contributed by atoms with Crippen LogP contribution in [0, 0.1) is 23.7 Å². The highest BCUT2D eigenvalue weighted by molar-refractivity contribution is 7.22. The summed E-state index contributed by atoms with van der Waals surface area (Å²) in [6, 6.07) is 4.38. The molecule has 0 spiro atoms. The van der Waals surface area contributed by atoms with Crippen LogP contribution in [0.15, 0.2) is 23.4 Å². The molecule has 2 amide bonds. The summed E-state index contributed by atoms with van der Waals surface area (Å²) >= 11 is 1.25. The minimum absolute atomic E-state index is 0.0193. The molecule has 0 unspecified atom stereocenters. The number of ketones is 2. The summed E-state index contributed by atoms with van der Waals surface area (Å²) in [5.74, 6) is -5.59. The fraction of sp³-hybridized carbons (Fsp3) is 0.707. The van der Waals surface area contributed by atoms with Crippen LogP contribution in [-0.2, 0) is 49.5 Å². The van der Waals surface area contributed by atoms with E-state index in [2.05, 4.69) is 15.5 Å². The molecule has 0 radical (unpaired) electrons. The predicted molar refractivity (Wildman–Crippen MR) is 219 cm³/mol. The van der Waals surface area contributed by atoms with Gasteiger partial charge in [-0.25, -0.2) is 9.78 Å². The number of aliphatic hydroxyl groups is 2. The molecule has 3 fully saturated rings. The fourth-order valence-corrected chi connectivity index (χ4v) is 9.55. The van der Waals surface area contributed by atoms with E-state index in [1.165, 1.54) is 25.2 Å². The lowest BCUT2D eigenvalue weighted by Crippen LogP contribution is -2.60. The third-order valence-electron chi connectivity index (χ3n) is 11.9. The number of aliphatic hydroxyl groups excluding tert-OH is 1. The fourth-order valence-electron chi connectivity index (χ4n) is 8.62. The van der Waals surface area contributed by atoms with Crippen molar-refractivity contribution in [3.8, 4) is 0 Å². The summed E-state index contributed by atoms with van der Waals surface area (Å²) in [6.45, 7) is 12.8. The Hall–Kier alpha value is -3.62. The van der Waals surface area contributed by atoms with Gasteiger partial charge in [-0.15, -0.1) is 0 Å². The van der Waals surface area contributed by atoms with E-state index in [0.717, 1.165) is 10.3 Å². The van der Waals surface area contributed by atoms with Gasteiger partial charge >= 0.3 is 12.0 Å². The number of oxime groups is 1. The highest BCUT2D eigenvalue weighted by atomic mass is 32.1. The number of amides is 2. The molecular weight excluding hydrogens is 787 g/mol. The number of primary amides is 1. The molecule has 4 heterocycles. The summed E-state index contributed by atoms with van der Waals surface area (Å²) < 4.78 is 32.7. The number of thiazole rings is 1. The highest BCUT2D eigenvalue weighted by Crippen LogP contribution is 2.40. The van der Waals surface area contributed by atoms with Gasteiger partial charge < -0.3 is 49.4 Å². The Balaban J connectivity index is 1.58. The van der Waals surface area contributed by atoms with Gasteiger partial charge in [0, 0.05) is 23.8 Å². The number of carbonyl (C=O) groups excluding carboxylic acids is 4. The first-order valence-electron chi connectivity index (χ1n) is 20.2. The second kappa shape index (κ2) is 19.0. The van der Waals surface area contributed by atoms with Crippen LogP contribution in [0.25, 0.3) is 10.2 Å². The van der Waals surface area contributed by atoms with Gasteiger partial charge in [-0.3, -0.25) is 19.7 Å². The molecule has 17 nitrogen and oxygen atoms in total. The van der Waals surface area contributed by atoms with Gasteiger partial charge in [-0.05, 0) is 78.7 Å². The average Bonchev–Trinajstić information content (AvgIpc) is 3.56. The molecule has 2 aromatic rings. The number of hydrogen-bond donors (Lipinski definition) is 4. The number of ether oxygens (including phenoxy) is 5. The van der Waals surface area contributed by atoms with Crippen molar-refractivity contribution in [1.29, 1.82) is 0 Å². The van der Waals surface area contributed by atoms with Gasteiger partial charge in [0.2, 0.25) is 0 Å². The number of hydrogen-bond acceptors (Lipinski definition) is 16. The molecule has 18 heteroatoms. The lowest BCUT2D eigenvalue weighted by Gasteiger charge is -2.47.